The smallest absolute Gasteiger partial charge is 0.308 e. The minimum Gasteiger partial charge on any atom is -0.308 e. The average Bonchev–Trinajstić information content (AvgIpc) is 2.98. The SMILES string of the molecule is NS(=O)(=O)c1ccc(NC(=O)Nc2ccc3c(c2)C(=O)N(C2CCCCC2)C3=O)cc1. The topological polar surface area (TPSA) is 139 Å². The molecule has 2 aliphatic rings. The third-order valence-electron chi connectivity index (χ3n) is 5.56. The fourth-order valence-electron chi connectivity index (χ4n) is 4.03. The summed E-state index contributed by atoms with van der Waals surface area (Å²) in [4.78, 5) is 39.2. The van der Waals surface area contributed by atoms with Gasteiger partial charge in [-0.05, 0) is 55.3 Å². The van der Waals surface area contributed by atoms with Crippen molar-refractivity contribution in [2.24, 2.45) is 5.14 Å². The van der Waals surface area contributed by atoms with Gasteiger partial charge < -0.3 is 10.6 Å². The van der Waals surface area contributed by atoms with Crippen LogP contribution in [0.4, 0.5) is 16.2 Å². The van der Waals surface area contributed by atoms with Gasteiger partial charge in [0.2, 0.25) is 10.0 Å². The molecule has 2 aromatic carbocycles. The number of hydrogen-bond donors (Lipinski definition) is 3. The van der Waals surface area contributed by atoms with E-state index in [0.717, 1.165) is 32.1 Å². The lowest BCUT2D eigenvalue weighted by Gasteiger charge is -2.29. The van der Waals surface area contributed by atoms with Crippen LogP contribution in [0, 0.1) is 0 Å². The lowest BCUT2D eigenvalue weighted by atomic mass is 9.94. The van der Waals surface area contributed by atoms with Crippen LogP contribution in [0.5, 0.6) is 0 Å². The van der Waals surface area contributed by atoms with Gasteiger partial charge in [0.1, 0.15) is 0 Å². The van der Waals surface area contributed by atoms with Gasteiger partial charge in [-0.15, -0.1) is 0 Å². The number of primary sulfonamides is 1. The van der Waals surface area contributed by atoms with Crippen LogP contribution in [0.2, 0.25) is 0 Å². The van der Waals surface area contributed by atoms with Crippen molar-refractivity contribution in [2.45, 2.75) is 43.0 Å². The second kappa shape index (κ2) is 8.12. The molecule has 0 bridgehead atoms. The lowest BCUT2D eigenvalue weighted by molar-refractivity contribution is 0.0549. The van der Waals surface area contributed by atoms with Crippen molar-refractivity contribution in [1.82, 2.24) is 4.90 Å². The summed E-state index contributed by atoms with van der Waals surface area (Å²) in [5.74, 6) is -0.604. The quantitative estimate of drug-likeness (QED) is 0.625. The molecule has 0 unspecified atom stereocenters. The van der Waals surface area contributed by atoms with E-state index in [1.54, 1.807) is 12.1 Å². The molecule has 4 amide bonds. The summed E-state index contributed by atoms with van der Waals surface area (Å²) in [7, 11) is -3.82. The van der Waals surface area contributed by atoms with E-state index in [1.165, 1.54) is 35.2 Å². The van der Waals surface area contributed by atoms with Crippen molar-refractivity contribution in [3.8, 4) is 0 Å². The Hall–Kier alpha value is -3.24. The number of rotatable bonds is 4. The van der Waals surface area contributed by atoms with Crippen molar-refractivity contribution >= 4 is 39.2 Å². The van der Waals surface area contributed by atoms with Gasteiger partial charge in [-0.1, -0.05) is 19.3 Å². The van der Waals surface area contributed by atoms with Crippen molar-refractivity contribution in [3.63, 3.8) is 0 Å². The van der Waals surface area contributed by atoms with Crippen LogP contribution in [0.25, 0.3) is 0 Å². The zero-order valence-electron chi connectivity index (χ0n) is 16.6. The Morgan fingerprint density at radius 3 is 2.10 bits per heavy atom. The highest BCUT2D eigenvalue weighted by Gasteiger charge is 2.40. The maximum Gasteiger partial charge on any atom is 0.323 e. The van der Waals surface area contributed by atoms with Crippen molar-refractivity contribution in [3.05, 3.63) is 53.6 Å². The van der Waals surface area contributed by atoms with Crippen LogP contribution < -0.4 is 15.8 Å². The Morgan fingerprint density at radius 1 is 0.871 bits per heavy atom. The van der Waals surface area contributed by atoms with Crippen molar-refractivity contribution < 1.29 is 22.8 Å². The standard InChI is InChI=1S/C21H22N4O5S/c22-31(29,30)16-9-6-13(7-10-16)23-21(28)24-14-8-11-17-18(12-14)20(27)25(19(17)26)15-4-2-1-3-5-15/h6-12,15H,1-5H2,(H2,22,29,30)(H2,23,24,28). The van der Waals surface area contributed by atoms with Gasteiger partial charge in [-0.3, -0.25) is 14.5 Å². The molecule has 1 aliphatic heterocycles. The second-order valence-corrected chi connectivity index (χ2v) is 9.24. The summed E-state index contributed by atoms with van der Waals surface area (Å²) in [5, 5.41) is 10.2. The summed E-state index contributed by atoms with van der Waals surface area (Å²) in [6.07, 6.45) is 4.77. The number of imide groups is 1. The minimum absolute atomic E-state index is 0.0669. The molecule has 1 aliphatic carbocycles. The number of amides is 4. The molecule has 0 saturated heterocycles. The first-order valence-corrected chi connectivity index (χ1v) is 11.5. The first-order valence-electron chi connectivity index (χ1n) is 9.97. The third-order valence-corrected chi connectivity index (χ3v) is 6.49. The van der Waals surface area contributed by atoms with Gasteiger partial charge >= 0.3 is 6.03 Å². The molecule has 162 valence electrons. The fourth-order valence-corrected chi connectivity index (χ4v) is 4.54. The highest BCUT2D eigenvalue weighted by molar-refractivity contribution is 7.89. The van der Waals surface area contributed by atoms with E-state index in [-0.39, 0.29) is 28.3 Å². The minimum atomic E-state index is -3.82. The number of carbonyl (C=O) groups excluding carboxylic acids is 3. The Balaban J connectivity index is 1.45. The maximum atomic E-state index is 12.9. The summed E-state index contributed by atoms with van der Waals surface area (Å²) < 4.78 is 22.6. The van der Waals surface area contributed by atoms with Gasteiger partial charge in [-0.25, -0.2) is 18.4 Å². The molecular formula is C21H22N4O5S. The monoisotopic (exact) mass is 442 g/mol. The van der Waals surface area contributed by atoms with Crippen molar-refractivity contribution in [1.29, 1.82) is 0 Å². The van der Waals surface area contributed by atoms with E-state index in [2.05, 4.69) is 10.6 Å². The number of anilines is 2. The Labute approximate surface area is 179 Å². The zero-order valence-corrected chi connectivity index (χ0v) is 17.4. The number of sulfonamides is 1. The average molecular weight is 442 g/mol. The second-order valence-electron chi connectivity index (χ2n) is 7.68. The first kappa shape index (κ1) is 21.0. The number of nitrogens with zero attached hydrogens (tertiary/aromatic N) is 1. The Kier molecular flexibility index (Phi) is 5.50. The molecule has 10 heteroatoms. The summed E-state index contributed by atoms with van der Waals surface area (Å²) in [6.45, 7) is 0. The molecular weight excluding hydrogens is 420 g/mol. The number of benzene rings is 2. The van der Waals surface area contributed by atoms with Crippen LogP contribution in [0.15, 0.2) is 47.4 Å². The highest BCUT2D eigenvalue weighted by Crippen LogP contribution is 2.32. The molecule has 0 aromatic heterocycles. The molecule has 0 atom stereocenters. The highest BCUT2D eigenvalue weighted by atomic mass is 32.2. The molecule has 1 saturated carbocycles. The van der Waals surface area contributed by atoms with Crippen molar-refractivity contribution in [2.75, 3.05) is 10.6 Å². The lowest BCUT2D eigenvalue weighted by Crippen LogP contribution is -2.40. The largest absolute Gasteiger partial charge is 0.323 e. The molecule has 0 radical (unpaired) electrons. The Bertz CT molecular complexity index is 1150. The number of fused-ring (bicyclic) bond motifs is 1. The predicted octanol–water partition coefficient (Wildman–Crippen LogP) is 2.91. The summed E-state index contributed by atoms with van der Waals surface area (Å²) in [6, 6.07) is 9.35. The summed E-state index contributed by atoms with van der Waals surface area (Å²) in [5.41, 5.74) is 1.36. The van der Waals surface area contributed by atoms with Crippen LogP contribution in [-0.2, 0) is 10.0 Å². The number of hydrogen-bond acceptors (Lipinski definition) is 5. The molecule has 4 N–H and O–H groups in total. The number of nitrogens with two attached hydrogens (primary N) is 1. The van der Waals surface area contributed by atoms with E-state index in [4.69, 9.17) is 5.14 Å². The number of carbonyl (C=O) groups is 3. The van der Waals surface area contributed by atoms with Gasteiger partial charge in [-0.2, -0.15) is 0 Å². The van der Waals surface area contributed by atoms with E-state index < -0.39 is 16.1 Å². The maximum absolute atomic E-state index is 12.9. The van der Waals surface area contributed by atoms with E-state index in [9.17, 15) is 22.8 Å². The number of urea groups is 1. The van der Waals surface area contributed by atoms with Crippen LogP contribution in [0.1, 0.15) is 52.8 Å². The van der Waals surface area contributed by atoms with Gasteiger partial charge in [0.25, 0.3) is 11.8 Å². The molecule has 1 fully saturated rings. The van der Waals surface area contributed by atoms with E-state index in [1.807, 2.05) is 0 Å². The number of nitrogens with one attached hydrogen (secondary N) is 2. The molecule has 2 aromatic rings. The van der Waals surface area contributed by atoms with E-state index in [0.29, 0.717) is 16.9 Å². The molecule has 0 spiro atoms. The molecule has 4 rings (SSSR count). The predicted molar refractivity (Wildman–Crippen MR) is 114 cm³/mol. The van der Waals surface area contributed by atoms with Gasteiger partial charge in [0.05, 0.1) is 16.0 Å². The fraction of sp³-hybridized carbons (Fsp3) is 0.286. The van der Waals surface area contributed by atoms with Gasteiger partial charge in [0, 0.05) is 17.4 Å². The first-order chi connectivity index (χ1) is 14.7. The summed E-state index contributed by atoms with van der Waals surface area (Å²) >= 11 is 0. The normalized spacial score (nSPS) is 16.9. The molecule has 1 heterocycles. The zero-order chi connectivity index (χ0) is 22.2. The molecule has 31 heavy (non-hydrogen) atoms. The Morgan fingerprint density at radius 2 is 1.45 bits per heavy atom. The van der Waals surface area contributed by atoms with Crippen LogP contribution >= 0.6 is 0 Å². The van der Waals surface area contributed by atoms with Crippen LogP contribution in [0.3, 0.4) is 0 Å². The van der Waals surface area contributed by atoms with Gasteiger partial charge in [0.15, 0.2) is 0 Å². The van der Waals surface area contributed by atoms with E-state index >= 15 is 0 Å². The molecule has 9 nitrogen and oxygen atoms in total. The third kappa shape index (κ3) is 4.30. The van der Waals surface area contributed by atoms with Crippen LogP contribution in [-0.4, -0.2) is 37.2 Å².